The maximum atomic E-state index is 9.20. The van der Waals surface area contributed by atoms with Gasteiger partial charge in [-0.1, -0.05) is 32.8 Å². The first-order chi connectivity index (χ1) is 8.83. The zero-order chi connectivity index (χ0) is 13.2. The molecule has 0 amide bonds. The normalized spacial score (nSPS) is 9.83. The number of unbranched alkanes of at least 4 members (excludes halogenated alkanes) is 2. The molecule has 0 spiro atoms. The Morgan fingerprint density at radius 3 is 1.89 bits per heavy atom. The Morgan fingerprint density at radius 1 is 1.00 bits per heavy atom. The Labute approximate surface area is 109 Å². The molecule has 1 aromatic rings. The maximum Gasteiger partial charge on any atom is 0.140 e. The number of benzene rings is 1. The van der Waals surface area contributed by atoms with Crippen molar-refractivity contribution < 1.29 is 9.47 Å². The van der Waals surface area contributed by atoms with Gasteiger partial charge in [0.05, 0.1) is 13.2 Å². The third-order valence-corrected chi connectivity index (χ3v) is 2.61. The van der Waals surface area contributed by atoms with Crippen LogP contribution in [0.15, 0.2) is 18.2 Å². The van der Waals surface area contributed by atoms with Crippen LogP contribution in [0.3, 0.4) is 0 Å². The molecule has 0 heterocycles. The van der Waals surface area contributed by atoms with Crippen LogP contribution in [0.2, 0.25) is 0 Å². The summed E-state index contributed by atoms with van der Waals surface area (Å²) in [4.78, 5) is 0. The number of hydrogen-bond acceptors (Lipinski definition) is 3. The van der Waals surface area contributed by atoms with Gasteiger partial charge in [0.25, 0.3) is 0 Å². The van der Waals surface area contributed by atoms with Gasteiger partial charge in [0.15, 0.2) is 0 Å². The van der Waals surface area contributed by atoms with Crippen LogP contribution in [0, 0.1) is 11.3 Å². The minimum atomic E-state index is 0.504. The van der Waals surface area contributed by atoms with E-state index in [0.29, 0.717) is 30.3 Å². The fourth-order valence-corrected chi connectivity index (χ4v) is 1.51. The van der Waals surface area contributed by atoms with Crippen LogP contribution >= 0.6 is 0 Å². The van der Waals surface area contributed by atoms with Gasteiger partial charge in [-0.15, -0.1) is 0 Å². The van der Waals surface area contributed by atoms with Crippen LogP contribution in [0.4, 0.5) is 0 Å². The van der Waals surface area contributed by atoms with Gasteiger partial charge < -0.3 is 9.47 Å². The molecule has 0 saturated carbocycles. The summed E-state index contributed by atoms with van der Waals surface area (Å²) >= 11 is 0. The summed E-state index contributed by atoms with van der Waals surface area (Å²) < 4.78 is 11.2. The van der Waals surface area contributed by atoms with Crippen LogP contribution in [-0.2, 0) is 0 Å². The van der Waals surface area contributed by atoms with Crippen LogP contribution in [0.5, 0.6) is 11.5 Å². The second kappa shape index (κ2) is 8.41. The lowest BCUT2D eigenvalue weighted by molar-refractivity contribution is 0.292. The van der Waals surface area contributed by atoms with Crippen molar-refractivity contribution in [1.29, 1.82) is 5.26 Å². The van der Waals surface area contributed by atoms with E-state index in [0.717, 1.165) is 25.7 Å². The second-order valence-corrected chi connectivity index (χ2v) is 4.15. The fraction of sp³-hybridized carbons (Fsp3) is 0.533. The zero-order valence-electron chi connectivity index (χ0n) is 11.2. The standard InChI is InChI=1S/C15H21NO2/c1-3-5-10-17-14-8-7-9-15(13(14)12-16)18-11-6-4-2/h7-9H,3-6,10-11H2,1-2H3. The third-order valence-electron chi connectivity index (χ3n) is 2.61. The van der Waals surface area contributed by atoms with E-state index in [1.54, 1.807) is 0 Å². The lowest BCUT2D eigenvalue weighted by Gasteiger charge is -2.11. The molecular formula is C15H21NO2. The van der Waals surface area contributed by atoms with Crippen LogP contribution in [0.1, 0.15) is 45.1 Å². The Balaban J connectivity index is 2.72. The van der Waals surface area contributed by atoms with E-state index in [-0.39, 0.29) is 0 Å². The molecule has 18 heavy (non-hydrogen) atoms. The number of hydrogen-bond donors (Lipinski definition) is 0. The molecule has 0 saturated heterocycles. The van der Waals surface area contributed by atoms with Crippen molar-refractivity contribution >= 4 is 0 Å². The van der Waals surface area contributed by atoms with Crippen molar-refractivity contribution in [3.05, 3.63) is 23.8 Å². The van der Waals surface area contributed by atoms with Crippen molar-refractivity contribution in [2.75, 3.05) is 13.2 Å². The predicted molar refractivity (Wildman–Crippen MR) is 72.0 cm³/mol. The van der Waals surface area contributed by atoms with Crippen molar-refractivity contribution in [3.8, 4) is 17.6 Å². The second-order valence-electron chi connectivity index (χ2n) is 4.15. The summed E-state index contributed by atoms with van der Waals surface area (Å²) in [5.74, 6) is 1.25. The minimum Gasteiger partial charge on any atom is -0.492 e. The number of nitrogens with zero attached hydrogens (tertiary/aromatic N) is 1. The molecule has 0 bridgehead atoms. The summed E-state index contributed by atoms with van der Waals surface area (Å²) in [7, 11) is 0. The topological polar surface area (TPSA) is 42.2 Å². The fourth-order valence-electron chi connectivity index (χ4n) is 1.51. The van der Waals surface area contributed by atoms with Crippen LogP contribution < -0.4 is 9.47 Å². The van der Waals surface area contributed by atoms with Gasteiger partial charge in [-0.3, -0.25) is 0 Å². The highest BCUT2D eigenvalue weighted by Gasteiger charge is 2.10. The largest absolute Gasteiger partial charge is 0.492 e. The highest BCUT2D eigenvalue weighted by molar-refractivity contribution is 5.52. The van der Waals surface area contributed by atoms with E-state index in [1.807, 2.05) is 18.2 Å². The van der Waals surface area contributed by atoms with Crippen LogP contribution in [0.25, 0.3) is 0 Å². The average Bonchev–Trinajstić information content (AvgIpc) is 2.39. The monoisotopic (exact) mass is 247 g/mol. The molecule has 98 valence electrons. The predicted octanol–water partition coefficient (Wildman–Crippen LogP) is 3.92. The van der Waals surface area contributed by atoms with Gasteiger partial charge in [-0.25, -0.2) is 0 Å². The molecule has 0 N–H and O–H groups in total. The average molecular weight is 247 g/mol. The van der Waals surface area contributed by atoms with Crippen molar-refractivity contribution in [2.24, 2.45) is 0 Å². The molecule has 3 heteroatoms. The molecular weight excluding hydrogens is 226 g/mol. The van der Waals surface area contributed by atoms with Gasteiger partial charge >= 0.3 is 0 Å². The summed E-state index contributed by atoms with van der Waals surface area (Å²) in [6.45, 7) is 5.50. The molecule has 0 aliphatic carbocycles. The summed E-state index contributed by atoms with van der Waals surface area (Å²) in [6.07, 6.45) is 4.14. The smallest absolute Gasteiger partial charge is 0.140 e. The quantitative estimate of drug-likeness (QED) is 0.654. The minimum absolute atomic E-state index is 0.504. The lowest BCUT2D eigenvalue weighted by atomic mass is 10.2. The Kier molecular flexibility index (Phi) is 6.71. The van der Waals surface area contributed by atoms with Crippen molar-refractivity contribution in [2.45, 2.75) is 39.5 Å². The third kappa shape index (κ3) is 4.29. The van der Waals surface area contributed by atoms with Crippen molar-refractivity contribution in [3.63, 3.8) is 0 Å². The SMILES string of the molecule is CCCCOc1cccc(OCCCC)c1C#N. The molecule has 0 atom stereocenters. The first kappa shape index (κ1) is 14.4. The molecule has 0 fully saturated rings. The molecule has 0 aliphatic rings. The summed E-state index contributed by atoms with van der Waals surface area (Å²) in [5.41, 5.74) is 0.504. The van der Waals surface area contributed by atoms with E-state index in [4.69, 9.17) is 9.47 Å². The molecule has 0 unspecified atom stereocenters. The summed E-state index contributed by atoms with van der Waals surface area (Å²) in [5, 5.41) is 9.20. The Morgan fingerprint density at radius 2 is 1.50 bits per heavy atom. The van der Waals surface area contributed by atoms with Gasteiger partial charge in [0.1, 0.15) is 23.1 Å². The molecule has 0 aromatic heterocycles. The molecule has 0 aliphatic heterocycles. The number of ether oxygens (including phenoxy) is 2. The van der Waals surface area contributed by atoms with Crippen molar-refractivity contribution in [1.82, 2.24) is 0 Å². The van der Waals surface area contributed by atoms with Gasteiger partial charge in [-0.05, 0) is 25.0 Å². The van der Waals surface area contributed by atoms with Gasteiger partial charge in [-0.2, -0.15) is 5.26 Å². The first-order valence-electron chi connectivity index (χ1n) is 6.62. The Hall–Kier alpha value is -1.69. The van der Waals surface area contributed by atoms with Gasteiger partial charge in [0, 0.05) is 0 Å². The van der Waals surface area contributed by atoms with Crippen LogP contribution in [-0.4, -0.2) is 13.2 Å². The lowest BCUT2D eigenvalue weighted by Crippen LogP contribution is -2.02. The van der Waals surface area contributed by atoms with E-state index in [2.05, 4.69) is 19.9 Å². The van der Waals surface area contributed by atoms with E-state index in [1.165, 1.54) is 0 Å². The number of rotatable bonds is 8. The van der Waals surface area contributed by atoms with E-state index >= 15 is 0 Å². The highest BCUT2D eigenvalue weighted by Crippen LogP contribution is 2.28. The zero-order valence-corrected chi connectivity index (χ0v) is 11.2. The molecule has 3 nitrogen and oxygen atoms in total. The van der Waals surface area contributed by atoms with E-state index < -0.39 is 0 Å². The maximum absolute atomic E-state index is 9.20. The summed E-state index contributed by atoms with van der Waals surface area (Å²) in [6, 6.07) is 7.67. The number of nitriles is 1. The van der Waals surface area contributed by atoms with E-state index in [9.17, 15) is 5.26 Å². The molecule has 0 radical (unpaired) electrons. The van der Waals surface area contributed by atoms with Gasteiger partial charge in [0.2, 0.25) is 0 Å². The first-order valence-corrected chi connectivity index (χ1v) is 6.62. The molecule has 1 rings (SSSR count). The Bertz CT molecular complexity index is 368. The highest BCUT2D eigenvalue weighted by atomic mass is 16.5. The molecule has 1 aromatic carbocycles.